The molecule has 0 amide bonds. The molecule has 130 valence electrons. The Morgan fingerprint density at radius 2 is 1.84 bits per heavy atom. The maximum atomic E-state index is 12.7. The van der Waals surface area contributed by atoms with Crippen LogP contribution in [-0.4, -0.2) is 15.2 Å². The van der Waals surface area contributed by atoms with Gasteiger partial charge in [-0.1, -0.05) is 38.4 Å². The van der Waals surface area contributed by atoms with Crippen molar-refractivity contribution in [2.24, 2.45) is 0 Å². The summed E-state index contributed by atoms with van der Waals surface area (Å²) in [5.74, 6) is 0. The molecule has 0 radical (unpaired) electrons. The fourth-order valence-electron chi connectivity index (χ4n) is 3.13. The molecule has 5 heteroatoms. The molecule has 3 rings (SSSR count). The summed E-state index contributed by atoms with van der Waals surface area (Å²) in [5.41, 5.74) is 6.05. The molecule has 0 bridgehead atoms. The highest BCUT2D eigenvalue weighted by Crippen LogP contribution is 2.35. The lowest BCUT2D eigenvalue weighted by Crippen LogP contribution is -2.13. The first-order chi connectivity index (χ1) is 11.7. The number of nitrogens with one attached hydrogen (secondary N) is 2. The van der Waals surface area contributed by atoms with Crippen molar-refractivity contribution in [3.8, 4) is 22.4 Å². The molecule has 0 saturated heterocycles. The molecule has 1 aromatic carbocycles. The average Bonchev–Trinajstić information content (AvgIpc) is 3.01. The summed E-state index contributed by atoms with van der Waals surface area (Å²) in [7, 11) is 0. The lowest BCUT2D eigenvalue weighted by atomic mass is 9.85. The third kappa shape index (κ3) is 3.27. The number of hydrogen-bond donors (Lipinski definition) is 2. The summed E-state index contributed by atoms with van der Waals surface area (Å²) in [6.07, 6.45) is 3.37. The Balaban J connectivity index is 2.15. The number of rotatable bonds is 2. The highest BCUT2D eigenvalue weighted by Gasteiger charge is 2.20. The van der Waals surface area contributed by atoms with Crippen molar-refractivity contribution in [2.75, 3.05) is 0 Å². The fourth-order valence-corrected chi connectivity index (χ4v) is 3.57. The molecule has 4 nitrogen and oxygen atoms in total. The Kier molecular flexibility index (Phi) is 4.33. The van der Waals surface area contributed by atoms with E-state index in [1.54, 1.807) is 18.5 Å². The molecule has 0 aliphatic carbocycles. The predicted octanol–water partition coefficient (Wildman–Crippen LogP) is 5.00. The number of H-pyrrole nitrogens is 2. The van der Waals surface area contributed by atoms with E-state index in [-0.39, 0.29) is 10.8 Å². The first-order valence-electron chi connectivity index (χ1n) is 8.22. The quantitative estimate of drug-likeness (QED) is 0.679. The van der Waals surface area contributed by atoms with Gasteiger partial charge in [-0.3, -0.25) is 9.89 Å². The molecular weight excluding hydrogens is 334 g/mol. The van der Waals surface area contributed by atoms with Crippen LogP contribution in [0.3, 0.4) is 0 Å². The number of nitrogens with zero attached hydrogens (tertiary/aromatic N) is 1. The Morgan fingerprint density at radius 3 is 2.40 bits per heavy atom. The number of aromatic amines is 2. The van der Waals surface area contributed by atoms with Crippen molar-refractivity contribution in [3.63, 3.8) is 0 Å². The van der Waals surface area contributed by atoms with Crippen molar-refractivity contribution in [3.05, 3.63) is 62.7 Å². The van der Waals surface area contributed by atoms with Crippen LogP contribution in [0, 0.1) is 13.8 Å². The van der Waals surface area contributed by atoms with Crippen molar-refractivity contribution < 1.29 is 0 Å². The maximum absolute atomic E-state index is 12.7. The summed E-state index contributed by atoms with van der Waals surface area (Å²) >= 11 is 6.52. The van der Waals surface area contributed by atoms with Gasteiger partial charge in [-0.15, -0.1) is 0 Å². The number of aromatic nitrogens is 3. The van der Waals surface area contributed by atoms with Crippen LogP contribution in [0.15, 0.2) is 35.4 Å². The molecule has 25 heavy (non-hydrogen) atoms. The van der Waals surface area contributed by atoms with Crippen LogP contribution in [0.1, 0.15) is 37.6 Å². The second-order valence-electron chi connectivity index (χ2n) is 7.43. The molecule has 2 heterocycles. The zero-order valence-electron chi connectivity index (χ0n) is 15.1. The van der Waals surface area contributed by atoms with Crippen LogP contribution in [0.2, 0.25) is 5.02 Å². The van der Waals surface area contributed by atoms with E-state index in [1.165, 1.54) is 0 Å². The van der Waals surface area contributed by atoms with Gasteiger partial charge < -0.3 is 4.98 Å². The fraction of sp³-hybridized carbons (Fsp3) is 0.300. The minimum Gasteiger partial charge on any atom is -0.358 e. The zero-order valence-corrected chi connectivity index (χ0v) is 15.9. The van der Waals surface area contributed by atoms with Crippen molar-refractivity contribution in [2.45, 2.75) is 40.0 Å². The van der Waals surface area contributed by atoms with E-state index in [0.29, 0.717) is 10.6 Å². The summed E-state index contributed by atoms with van der Waals surface area (Å²) in [6.45, 7) is 10.4. The van der Waals surface area contributed by atoms with Gasteiger partial charge in [0.2, 0.25) is 0 Å². The average molecular weight is 356 g/mol. The van der Waals surface area contributed by atoms with Crippen LogP contribution < -0.4 is 5.43 Å². The molecule has 2 N–H and O–H groups in total. The smallest absolute Gasteiger partial charge is 0.190 e. The minimum absolute atomic E-state index is 0.0329. The van der Waals surface area contributed by atoms with Crippen LogP contribution in [-0.2, 0) is 5.41 Å². The number of aryl methyl sites for hydroxylation is 2. The van der Waals surface area contributed by atoms with Crippen LogP contribution in [0.5, 0.6) is 0 Å². The van der Waals surface area contributed by atoms with Gasteiger partial charge in [0, 0.05) is 39.8 Å². The number of benzene rings is 1. The van der Waals surface area contributed by atoms with Crippen molar-refractivity contribution in [1.29, 1.82) is 0 Å². The van der Waals surface area contributed by atoms with E-state index in [0.717, 1.165) is 33.6 Å². The minimum atomic E-state index is -0.0388. The molecule has 0 unspecified atom stereocenters. The lowest BCUT2D eigenvalue weighted by molar-refractivity contribution is 0.590. The summed E-state index contributed by atoms with van der Waals surface area (Å²) in [4.78, 5) is 16.0. The Morgan fingerprint density at radius 1 is 1.12 bits per heavy atom. The molecule has 0 aliphatic rings. The Bertz CT molecular complexity index is 979. The van der Waals surface area contributed by atoms with Crippen molar-refractivity contribution in [1.82, 2.24) is 15.2 Å². The molecular formula is C20H22ClN3O. The van der Waals surface area contributed by atoms with Gasteiger partial charge in [-0.05, 0) is 36.5 Å². The number of halogens is 1. The summed E-state index contributed by atoms with van der Waals surface area (Å²) in [5, 5.41) is 7.38. The van der Waals surface area contributed by atoms with Crippen LogP contribution in [0.25, 0.3) is 22.4 Å². The number of pyridine rings is 1. The summed E-state index contributed by atoms with van der Waals surface area (Å²) in [6, 6.07) is 5.68. The molecule has 0 aliphatic heterocycles. The molecule has 0 atom stereocenters. The summed E-state index contributed by atoms with van der Waals surface area (Å²) < 4.78 is 0. The van der Waals surface area contributed by atoms with Gasteiger partial charge in [0.1, 0.15) is 0 Å². The number of hydrogen-bond acceptors (Lipinski definition) is 2. The maximum Gasteiger partial charge on any atom is 0.190 e. The molecule has 2 aromatic heterocycles. The second kappa shape index (κ2) is 6.19. The second-order valence-corrected chi connectivity index (χ2v) is 7.84. The van der Waals surface area contributed by atoms with Gasteiger partial charge in [0.05, 0.1) is 11.8 Å². The standard InChI is InChI=1S/C20H22ClN3O/c1-11-6-15(20(3,4)5)16(21)7-14(11)17-8-18(25)19(12(2)24-17)13-9-22-23-10-13/h6-10H,1-5H3,(H,22,23)(H,24,25). The molecule has 3 aromatic rings. The lowest BCUT2D eigenvalue weighted by Gasteiger charge is -2.22. The van der Waals surface area contributed by atoms with E-state index in [9.17, 15) is 4.79 Å². The van der Waals surface area contributed by atoms with Crippen molar-refractivity contribution >= 4 is 11.6 Å². The zero-order chi connectivity index (χ0) is 18.4. The SMILES string of the molecule is Cc1cc(C(C)(C)C)c(Cl)cc1-c1cc(=O)c(-c2cn[nH]c2)c(C)[nH]1. The van der Waals surface area contributed by atoms with Gasteiger partial charge in [-0.25, -0.2) is 0 Å². The Hall–Kier alpha value is -2.33. The largest absolute Gasteiger partial charge is 0.358 e. The molecule has 0 spiro atoms. The van der Waals surface area contributed by atoms with E-state index in [1.807, 2.05) is 19.9 Å². The first kappa shape index (κ1) is 17.5. The Labute approximate surface area is 152 Å². The normalized spacial score (nSPS) is 11.8. The van der Waals surface area contributed by atoms with E-state index in [2.05, 4.69) is 42.0 Å². The third-order valence-corrected chi connectivity index (χ3v) is 4.73. The first-order valence-corrected chi connectivity index (χ1v) is 8.60. The van der Waals surface area contributed by atoms with Gasteiger partial charge in [0.15, 0.2) is 5.43 Å². The third-order valence-electron chi connectivity index (χ3n) is 4.42. The monoisotopic (exact) mass is 355 g/mol. The molecule has 0 fully saturated rings. The topological polar surface area (TPSA) is 61.5 Å². The molecule has 0 saturated carbocycles. The predicted molar refractivity (Wildman–Crippen MR) is 103 cm³/mol. The van der Waals surface area contributed by atoms with Gasteiger partial charge >= 0.3 is 0 Å². The van der Waals surface area contributed by atoms with Gasteiger partial charge in [-0.2, -0.15) is 5.10 Å². The van der Waals surface area contributed by atoms with E-state index in [4.69, 9.17) is 11.6 Å². The highest BCUT2D eigenvalue weighted by atomic mass is 35.5. The van der Waals surface area contributed by atoms with Crippen LogP contribution >= 0.6 is 11.6 Å². The van der Waals surface area contributed by atoms with Gasteiger partial charge in [0.25, 0.3) is 0 Å². The highest BCUT2D eigenvalue weighted by molar-refractivity contribution is 6.31. The van der Waals surface area contributed by atoms with Crippen LogP contribution in [0.4, 0.5) is 0 Å². The van der Waals surface area contributed by atoms with E-state index < -0.39 is 0 Å². The van der Waals surface area contributed by atoms with E-state index >= 15 is 0 Å².